The molecule has 0 bridgehead atoms. The van der Waals surface area contributed by atoms with E-state index in [0.717, 1.165) is 19.3 Å². The normalized spacial score (nSPS) is 15.1. The Kier molecular flexibility index (Phi) is 5.16. The molecule has 5 N–H and O–H groups in total. The molecule has 6 heteroatoms. The standard InChI is InChI=1S/C15H22N4O2/c1-10(16)7-8-17-14(20)11-3-2-4-13(9-11)19-15(21)18-12-5-6-12/h2-4,9-10,12H,5-8,16H2,1H3,(H,17,20)(H2,18,19,21). The smallest absolute Gasteiger partial charge is 0.319 e. The van der Waals surface area contributed by atoms with E-state index in [0.29, 0.717) is 23.8 Å². The van der Waals surface area contributed by atoms with Crippen LogP contribution in [0.5, 0.6) is 0 Å². The van der Waals surface area contributed by atoms with E-state index in [-0.39, 0.29) is 18.0 Å². The lowest BCUT2D eigenvalue weighted by Gasteiger charge is -2.10. The van der Waals surface area contributed by atoms with Gasteiger partial charge in [0.05, 0.1) is 0 Å². The Morgan fingerprint density at radius 2 is 2.14 bits per heavy atom. The quantitative estimate of drug-likeness (QED) is 0.638. The third-order valence-electron chi connectivity index (χ3n) is 3.18. The summed E-state index contributed by atoms with van der Waals surface area (Å²) in [4.78, 5) is 23.6. The second-order valence-corrected chi connectivity index (χ2v) is 5.48. The van der Waals surface area contributed by atoms with Gasteiger partial charge in [0.2, 0.25) is 0 Å². The molecule has 1 atom stereocenters. The Balaban J connectivity index is 1.86. The number of nitrogens with two attached hydrogens (primary N) is 1. The molecule has 0 radical (unpaired) electrons. The summed E-state index contributed by atoms with van der Waals surface area (Å²) in [5, 5.41) is 8.37. The van der Waals surface area contributed by atoms with E-state index in [9.17, 15) is 9.59 Å². The Bertz CT molecular complexity index is 512. The summed E-state index contributed by atoms with van der Waals surface area (Å²) in [5.74, 6) is -0.165. The SMILES string of the molecule is CC(N)CCNC(=O)c1cccc(NC(=O)NC2CC2)c1. The number of hydrogen-bond donors (Lipinski definition) is 4. The van der Waals surface area contributed by atoms with Gasteiger partial charge in [-0.15, -0.1) is 0 Å². The molecular weight excluding hydrogens is 268 g/mol. The molecule has 1 aliphatic rings. The van der Waals surface area contributed by atoms with Crippen molar-refractivity contribution in [3.63, 3.8) is 0 Å². The van der Waals surface area contributed by atoms with Crippen molar-refractivity contribution in [1.29, 1.82) is 0 Å². The van der Waals surface area contributed by atoms with Crippen molar-refractivity contribution in [2.45, 2.75) is 38.3 Å². The molecule has 1 unspecified atom stereocenters. The van der Waals surface area contributed by atoms with E-state index >= 15 is 0 Å². The predicted molar refractivity (Wildman–Crippen MR) is 82.2 cm³/mol. The van der Waals surface area contributed by atoms with Crippen molar-refractivity contribution >= 4 is 17.6 Å². The predicted octanol–water partition coefficient (Wildman–Crippen LogP) is 1.44. The lowest BCUT2D eigenvalue weighted by molar-refractivity contribution is 0.0953. The van der Waals surface area contributed by atoms with E-state index in [4.69, 9.17) is 5.73 Å². The number of carbonyl (C=O) groups is 2. The van der Waals surface area contributed by atoms with Crippen molar-refractivity contribution in [3.8, 4) is 0 Å². The van der Waals surface area contributed by atoms with E-state index in [1.807, 2.05) is 6.92 Å². The van der Waals surface area contributed by atoms with Gasteiger partial charge in [-0.05, 0) is 44.4 Å². The summed E-state index contributed by atoms with van der Waals surface area (Å²) in [7, 11) is 0. The van der Waals surface area contributed by atoms with E-state index in [1.54, 1.807) is 24.3 Å². The van der Waals surface area contributed by atoms with Crippen LogP contribution in [0.1, 0.15) is 36.5 Å². The highest BCUT2D eigenvalue weighted by molar-refractivity contribution is 5.96. The minimum absolute atomic E-state index is 0.0596. The summed E-state index contributed by atoms with van der Waals surface area (Å²) in [6.45, 7) is 2.44. The first-order chi connectivity index (χ1) is 10.0. The number of amides is 3. The van der Waals surface area contributed by atoms with Gasteiger partial charge < -0.3 is 21.7 Å². The third kappa shape index (κ3) is 5.43. The lowest BCUT2D eigenvalue weighted by atomic mass is 10.2. The lowest BCUT2D eigenvalue weighted by Crippen LogP contribution is -2.31. The van der Waals surface area contributed by atoms with Crippen LogP contribution >= 0.6 is 0 Å². The summed E-state index contributed by atoms with van der Waals surface area (Å²) < 4.78 is 0. The Morgan fingerprint density at radius 3 is 2.81 bits per heavy atom. The summed E-state index contributed by atoms with van der Waals surface area (Å²) in [5.41, 5.74) is 6.76. The van der Waals surface area contributed by atoms with Crippen molar-refractivity contribution in [3.05, 3.63) is 29.8 Å². The molecule has 1 aromatic carbocycles. The minimum atomic E-state index is -0.230. The summed E-state index contributed by atoms with van der Waals surface area (Å²) in [6, 6.07) is 7.00. The summed E-state index contributed by atoms with van der Waals surface area (Å²) >= 11 is 0. The topological polar surface area (TPSA) is 96.2 Å². The van der Waals surface area contributed by atoms with Gasteiger partial charge in [-0.1, -0.05) is 6.07 Å². The average molecular weight is 290 g/mol. The fraction of sp³-hybridized carbons (Fsp3) is 0.467. The Hall–Kier alpha value is -2.08. The molecule has 0 spiro atoms. The van der Waals surface area contributed by atoms with Crippen molar-refractivity contribution in [2.75, 3.05) is 11.9 Å². The molecule has 1 aromatic rings. The molecule has 1 saturated carbocycles. The molecule has 0 heterocycles. The van der Waals surface area contributed by atoms with Gasteiger partial charge in [0.15, 0.2) is 0 Å². The maximum absolute atomic E-state index is 12.0. The van der Waals surface area contributed by atoms with Gasteiger partial charge >= 0.3 is 6.03 Å². The van der Waals surface area contributed by atoms with Crippen molar-refractivity contribution in [2.24, 2.45) is 5.73 Å². The number of rotatable bonds is 6. The fourth-order valence-electron chi connectivity index (χ4n) is 1.83. The highest BCUT2D eigenvalue weighted by atomic mass is 16.2. The molecule has 0 aliphatic heterocycles. The first-order valence-corrected chi connectivity index (χ1v) is 7.26. The van der Waals surface area contributed by atoms with Gasteiger partial charge in [0.25, 0.3) is 5.91 Å². The van der Waals surface area contributed by atoms with Crippen LogP contribution in [0.25, 0.3) is 0 Å². The zero-order valence-electron chi connectivity index (χ0n) is 12.2. The van der Waals surface area contributed by atoms with E-state index in [1.165, 1.54) is 0 Å². The molecular formula is C15H22N4O2. The molecule has 0 aromatic heterocycles. The Labute approximate surface area is 124 Å². The monoisotopic (exact) mass is 290 g/mol. The number of benzene rings is 1. The largest absolute Gasteiger partial charge is 0.352 e. The van der Waals surface area contributed by atoms with Crippen LogP contribution in [0.15, 0.2) is 24.3 Å². The van der Waals surface area contributed by atoms with Gasteiger partial charge in [0.1, 0.15) is 0 Å². The Morgan fingerprint density at radius 1 is 1.38 bits per heavy atom. The maximum atomic E-state index is 12.0. The molecule has 0 saturated heterocycles. The highest BCUT2D eigenvalue weighted by Gasteiger charge is 2.23. The zero-order chi connectivity index (χ0) is 15.2. The first kappa shape index (κ1) is 15.3. The maximum Gasteiger partial charge on any atom is 0.319 e. The molecule has 2 rings (SSSR count). The third-order valence-corrected chi connectivity index (χ3v) is 3.18. The van der Waals surface area contributed by atoms with Crippen LogP contribution in [0.2, 0.25) is 0 Å². The van der Waals surface area contributed by atoms with Gasteiger partial charge in [-0.2, -0.15) is 0 Å². The van der Waals surface area contributed by atoms with E-state index < -0.39 is 0 Å². The number of hydrogen-bond acceptors (Lipinski definition) is 3. The fourth-order valence-corrected chi connectivity index (χ4v) is 1.83. The van der Waals surface area contributed by atoms with Crippen LogP contribution in [0.3, 0.4) is 0 Å². The van der Waals surface area contributed by atoms with Crippen LogP contribution in [-0.4, -0.2) is 30.6 Å². The van der Waals surface area contributed by atoms with Crippen molar-refractivity contribution in [1.82, 2.24) is 10.6 Å². The molecule has 1 fully saturated rings. The second-order valence-electron chi connectivity index (χ2n) is 5.48. The van der Waals surface area contributed by atoms with E-state index in [2.05, 4.69) is 16.0 Å². The highest BCUT2D eigenvalue weighted by Crippen LogP contribution is 2.19. The first-order valence-electron chi connectivity index (χ1n) is 7.26. The zero-order valence-corrected chi connectivity index (χ0v) is 12.2. The number of nitrogens with one attached hydrogen (secondary N) is 3. The summed E-state index contributed by atoms with van der Waals surface area (Å²) in [6.07, 6.45) is 2.80. The van der Waals surface area contributed by atoms with Gasteiger partial charge in [-0.3, -0.25) is 4.79 Å². The molecule has 3 amide bonds. The minimum Gasteiger partial charge on any atom is -0.352 e. The average Bonchev–Trinajstić information content (AvgIpc) is 3.22. The number of carbonyl (C=O) groups excluding carboxylic acids is 2. The molecule has 1 aliphatic carbocycles. The van der Waals surface area contributed by atoms with Crippen LogP contribution in [-0.2, 0) is 0 Å². The van der Waals surface area contributed by atoms with Crippen LogP contribution < -0.4 is 21.7 Å². The molecule has 6 nitrogen and oxygen atoms in total. The second kappa shape index (κ2) is 7.08. The molecule has 21 heavy (non-hydrogen) atoms. The number of anilines is 1. The van der Waals surface area contributed by atoms with Crippen molar-refractivity contribution < 1.29 is 9.59 Å². The number of urea groups is 1. The molecule has 114 valence electrons. The van der Waals surface area contributed by atoms with Gasteiger partial charge in [-0.25, -0.2) is 4.79 Å². The van der Waals surface area contributed by atoms with Crippen LogP contribution in [0.4, 0.5) is 10.5 Å². The van der Waals surface area contributed by atoms with Gasteiger partial charge in [0, 0.05) is 29.9 Å². The van der Waals surface area contributed by atoms with Crippen LogP contribution in [0, 0.1) is 0 Å².